The summed E-state index contributed by atoms with van der Waals surface area (Å²) >= 11 is 0. The predicted molar refractivity (Wildman–Crippen MR) is 165 cm³/mol. The van der Waals surface area contributed by atoms with Crippen molar-refractivity contribution < 1.29 is 29.0 Å². The maximum absolute atomic E-state index is 14.0. The van der Waals surface area contributed by atoms with Crippen LogP contribution in [-0.2, 0) is 9.59 Å². The summed E-state index contributed by atoms with van der Waals surface area (Å²) in [4.78, 5) is 50.8. The van der Waals surface area contributed by atoms with Crippen LogP contribution >= 0.6 is 0 Å². The average Bonchev–Trinajstić information content (AvgIpc) is 2.94. The molecule has 0 bridgehead atoms. The van der Waals surface area contributed by atoms with Gasteiger partial charge in [0.2, 0.25) is 0 Å². The van der Waals surface area contributed by atoms with E-state index < -0.39 is 11.9 Å². The number of ether oxygens (including phenoxy) is 1. The van der Waals surface area contributed by atoms with E-state index in [9.17, 15) is 19.2 Å². The van der Waals surface area contributed by atoms with Gasteiger partial charge in [0, 0.05) is 22.5 Å². The molecule has 1 aliphatic carbocycles. The monoisotopic (exact) mass is 576 g/mol. The molecule has 218 valence electrons. The number of carboxylic acid groups (broad SMARTS) is 1. The van der Waals surface area contributed by atoms with E-state index in [0.717, 1.165) is 33.5 Å². The first-order valence-corrected chi connectivity index (χ1v) is 14.0. The molecular weight excluding hydrogens is 544 g/mol. The standard InChI is InChI=1S/C35H32N2O6/c1-18-14-19(2)32(20(3)15-18)36-26-10-11-27(31-30(26)34(41)24-8-6-7-9-25(24)35(31)42)37-33-21(4)16-23(17-22(33)5)43-29(40)13-12-28(38)39/h6-11,14-17,36-37H,12-13H2,1-5H3,(H,38,39). The van der Waals surface area contributed by atoms with Crippen molar-refractivity contribution in [2.45, 2.75) is 47.5 Å². The van der Waals surface area contributed by atoms with E-state index in [1.54, 1.807) is 42.5 Å². The maximum Gasteiger partial charge on any atom is 0.311 e. The number of aliphatic carboxylic acids is 1. The highest BCUT2D eigenvalue weighted by molar-refractivity contribution is 6.32. The van der Waals surface area contributed by atoms with Crippen LogP contribution in [0, 0.1) is 34.6 Å². The van der Waals surface area contributed by atoms with Gasteiger partial charge in [0.25, 0.3) is 0 Å². The molecule has 5 rings (SSSR count). The Hall–Kier alpha value is -5.24. The van der Waals surface area contributed by atoms with Gasteiger partial charge in [-0.25, -0.2) is 0 Å². The molecule has 0 heterocycles. The van der Waals surface area contributed by atoms with Crippen molar-refractivity contribution in [2.24, 2.45) is 0 Å². The molecule has 8 nitrogen and oxygen atoms in total. The van der Waals surface area contributed by atoms with Crippen LogP contribution in [0.4, 0.5) is 22.7 Å². The topological polar surface area (TPSA) is 122 Å². The third-order valence-electron chi connectivity index (χ3n) is 7.55. The summed E-state index contributed by atoms with van der Waals surface area (Å²) in [5, 5.41) is 15.6. The minimum Gasteiger partial charge on any atom is -0.481 e. The van der Waals surface area contributed by atoms with E-state index in [1.807, 2.05) is 40.7 Å². The van der Waals surface area contributed by atoms with Gasteiger partial charge in [0.15, 0.2) is 11.6 Å². The van der Waals surface area contributed by atoms with Gasteiger partial charge in [0.05, 0.1) is 35.3 Å². The summed E-state index contributed by atoms with van der Waals surface area (Å²) in [5.74, 6) is -1.92. The predicted octanol–water partition coefficient (Wildman–Crippen LogP) is 7.26. The van der Waals surface area contributed by atoms with E-state index in [2.05, 4.69) is 22.8 Å². The molecule has 0 atom stereocenters. The van der Waals surface area contributed by atoms with Gasteiger partial charge in [-0.3, -0.25) is 19.2 Å². The molecule has 4 aromatic carbocycles. The molecule has 0 aromatic heterocycles. The Bertz CT molecular complexity index is 1790. The van der Waals surface area contributed by atoms with Gasteiger partial charge in [-0.15, -0.1) is 0 Å². The maximum atomic E-state index is 14.0. The number of nitrogens with one attached hydrogen (secondary N) is 2. The van der Waals surface area contributed by atoms with E-state index in [1.165, 1.54) is 0 Å². The Labute approximate surface area is 249 Å². The fourth-order valence-electron chi connectivity index (χ4n) is 5.65. The second-order valence-corrected chi connectivity index (χ2v) is 10.9. The van der Waals surface area contributed by atoms with Gasteiger partial charge >= 0.3 is 11.9 Å². The van der Waals surface area contributed by atoms with Crippen LogP contribution in [-0.4, -0.2) is 28.6 Å². The Morgan fingerprint density at radius 2 is 1.12 bits per heavy atom. The summed E-state index contributed by atoms with van der Waals surface area (Å²) in [6.07, 6.45) is -0.551. The summed E-state index contributed by atoms with van der Waals surface area (Å²) in [5.41, 5.74) is 8.53. The summed E-state index contributed by atoms with van der Waals surface area (Å²) in [7, 11) is 0. The lowest BCUT2D eigenvalue weighted by Crippen LogP contribution is -2.23. The zero-order valence-electron chi connectivity index (χ0n) is 24.7. The molecule has 8 heteroatoms. The number of aryl methyl sites for hydroxylation is 5. The molecule has 0 aliphatic heterocycles. The SMILES string of the molecule is Cc1cc(C)c(Nc2ccc(Nc3c(C)cc(OC(=O)CCC(=O)O)cc3C)c3c2C(=O)c2ccccc2C3=O)c(C)c1. The lowest BCUT2D eigenvalue weighted by atomic mass is 9.82. The molecule has 0 amide bonds. The third-order valence-corrected chi connectivity index (χ3v) is 7.55. The summed E-state index contributed by atoms with van der Waals surface area (Å²) in [6.45, 7) is 9.71. The normalized spacial score (nSPS) is 11.9. The molecule has 0 saturated heterocycles. The number of esters is 1. The van der Waals surface area contributed by atoms with E-state index in [0.29, 0.717) is 39.5 Å². The number of ketones is 2. The van der Waals surface area contributed by atoms with Gasteiger partial charge in [0.1, 0.15) is 5.75 Å². The summed E-state index contributed by atoms with van der Waals surface area (Å²) in [6, 6.07) is 17.9. The van der Waals surface area contributed by atoms with Crippen LogP contribution < -0.4 is 15.4 Å². The molecule has 43 heavy (non-hydrogen) atoms. The molecular formula is C35H32N2O6. The number of rotatable bonds is 8. The van der Waals surface area contributed by atoms with Crippen LogP contribution in [0.1, 0.15) is 72.5 Å². The molecule has 0 saturated carbocycles. The molecule has 4 aromatic rings. The molecule has 3 N–H and O–H groups in total. The van der Waals surface area contributed by atoms with Crippen molar-refractivity contribution in [1.29, 1.82) is 0 Å². The van der Waals surface area contributed by atoms with Gasteiger partial charge in [-0.2, -0.15) is 0 Å². The smallest absolute Gasteiger partial charge is 0.311 e. The van der Waals surface area contributed by atoms with Gasteiger partial charge < -0.3 is 20.5 Å². The van der Waals surface area contributed by atoms with Gasteiger partial charge in [-0.05, 0) is 81.1 Å². The first-order valence-electron chi connectivity index (χ1n) is 14.0. The second kappa shape index (κ2) is 11.6. The van der Waals surface area contributed by atoms with Crippen molar-refractivity contribution in [3.63, 3.8) is 0 Å². The third kappa shape index (κ3) is 5.77. The van der Waals surface area contributed by atoms with Crippen molar-refractivity contribution in [3.8, 4) is 5.75 Å². The van der Waals surface area contributed by atoms with Crippen molar-refractivity contribution in [3.05, 3.63) is 111 Å². The Morgan fingerprint density at radius 3 is 1.56 bits per heavy atom. The van der Waals surface area contributed by atoms with Crippen LogP contribution in [0.25, 0.3) is 0 Å². The molecule has 0 radical (unpaired) electrons. The molecule has 0 spiro atoms. The first kappa shape index (κ1) is 29.3. The number of carbonyl (C=O) groups excluding carboxylic acids is 3. The van der Waals surface area contributed by atoms with E-state index in [4.69, 9.17) is 9.84 Å². The number of carboxylic acids is 1. The highest BCUT2D eigenvalue weighted by Crippen LogP contribution is 2.40. The van der Waals surface area contributed by atoms with Crippen molar-refractivity contribution in [1.82, 2.24) is 0 Å². The zero-order chi connectivity index (χ0) is 31.0. The van der Waals surface area contributed by atoms with E-state index in [-0.39, 0.29) is 30.0 Å². The quantitative estimate of drug-likeness (QED) is 0.130. The molecule has 1 aliphatic rings. The fourth-order valence-corrected chi connectivity index (χ4v) is 5.65. The largest absolute Gasteiger partial charge is 0.481 e. The van der Waals surface area contributed by atoms with Crippen LogP contribution in [0.5, 0.6) is 5.75 Å². The van der Waals surface area contributed by atoms with Crippen LogP contribution in [0.2, 0.25) is 0 Å². The van der Waals surface area contributed by atoms with Gasteiger partial charge in [-0.1, -0.05) is 42.0 Å². The zero-order valence-corrected chi connectivity index (χ0v) is 24.7. The number of hydrogen-bond acceptors (Lipinski definition) is 7. The van der Waals surface area contributed by atoms with E-state index >= 15 is 0 Å². The average molecular weight is 577 g/mol. The summed E-state index contributed by atoms with van der Waals surface area (Å²) < 4.78 is 5.35. The van der Waals surface area contributed by atoms with Crippen molar-refractivity contribution >= 4 is 46.3 Å². The Morgan fingerprint density at radius 1 is 0.674 bits per heavy atom. The van der Waals surface area contributed by atoms with Crippen LogP contribution in [0.15, 0.2) is 60.7 Å². The highest BCUT2D eigenvalue weighted by Gasteiger charge is 2.34. The number of hydrogen-bond donors (Lipinski definition) is 3. The Balaban J connectivity index is 1.57. The molecule has 0 unspecified atom stereocenters. The number of carbonyl (C=O) groups is 4. The number of benzene rings is 4. The number of anilines is 4. The first-order chi connectivity index (χ1) is 20.4. The minimum atomic E-state index is -1.08. The number of fused-ring (bicyclic) bond motifs is 2. The van der Waals surface area contributed by atoms with Crippen molar-refractivity contribution in [2.75, 3.05) is 10.6 Å². The fraction of sp³-hybridized carbons (Fsp3) is 0.200. The lowest BCUT2D eigenvalue weighted by molar-refractivity contribution is -0.142. The highest BCUT2D eigenvalue weighted by atomic mass is 16.5. The lowest BCUT2D eigenvalue weighted by Gasteiger charge is -2.25. The minimum absolute atomic E-state index is 0.237. The van der Waals surface area contributed by atoms with Crippen LogP contribution in [0.3, 0.4) is 0 Å². The Kier molecular flexibility index (Phi) is 7.87. The second-order valence-electron chi connectivity index (χ2n) is 10.9. The molecule has 0 fully saturated rings.